The number of hydrogen-bond acceptors (Lipinski definition) is 3. The van der Waals surface area contributed by atoms with Gasteiger partial charge in [0.05, 0.1) is 0 Å². The van der Waals surface area contributed by atoms with Crippen LogP contribution in [-0.4, -0.2) is 11.5 Å². The number of pyridine rings is 1. The Balaban J connectivity index is 2.41. The van der Waals surface area contributed by atoms with Gasteiger partial charge >= 0.3 is 0 Å². The molecule has 0 unspecified atom stereocenters. The van der Waals surface area contributed by atoms with E-state index in [0.717, 1.165) is 18.5 Å². The molecule has 0 aromatic carbocycles. The van der Waals surface area contributed by atoms with E-state index < -0.39 is 0 Å². The van der Waals surface area contributed by atoms with Gasteiger partial charge in [-0.3, -0.25) is 0 Å². The van der Waals surface area contributed by atoms with Crippen LogP contribution in [0.25, 0.3) is 0 Å². The Morgan fingerprint density at radius 2 is 2.47 bits per heavy atom. The van der Waals surface area contributed by atoms with Gasteiger partial charge in [0.15, 0.2) is 0 Å². The zero-order valence-electron chi connectivity index (χ0n) is 8.90. The smallest absolute Gasteiger partial charge is 0.144 e. The van der Waals surface area contributed by atoms with E-state index in [9.17, 15) is 0 Å². The number of aromatic nitrogens is 1. The summed E-state index contributed by atoms with van der Waals surface area (Å²) in [7, 11) is 0. The first-order chi connectivity index (χ1) is 7.38. The number of nitriles is 1. The average Bonchev–Trinajstić information content (AvgIpc) is 2.29. The molecule has 0 radical (unpaired) electrons. The molecule has 1 aromatic heterocycles. The van der Waals surface area contributed by atoms with Crippen molar-refractivity contribution in [1.82, 2.24) is 10.3 Å². The normalized spacial score (nSPS) is 10.4. The Hall–Kier alpha value is -1.66. The summed E-state index contributed by atoms with van der Waals surface area (Å²) < 4.78 is 0. The third kappa shape index (κ3) is 3.92. The minimum atomic E-state index is 0.510. The first-order valence-electron chi connectivity index (χ1n) is 5.04. The fourth-order valence-corrected chi connectivity index (χ4v) is 1.26. The highest BCUT2D eigenvalue weighted by molar-refractivity contribution is 5.30. The van der Waals surface area contributed by atoms with Gasteiger partial charge < -0.3 is 5.32 Å². The fraction of sp³-hybridized carbons (Fsp3) is 0.333. The van der Waals surface area contributed by atoms with Gasteiger partial charge in [-0.05, 0) is 26.0 Å². The zero-order valence-corrected chi connectivity index (χ0v) is 8.90. The topological polar surface area (TPSA) is 48.7 Å². The van der Waals surface area contributed by atoms with Crippen molar-refractivity contribution in [3.05, 3.63) is 41.7 Å². The third-order valence-corrected chi connectivity index (χ3v) is 2.04. The molecule has 0 atom stereocenters. The van der Waals surface area contributed by atoms with Crippen LogP contribution in [0.3, 0.4) is 0 Å². The van der Waals surface area contributed by atoms with Crippen LogP contribution in [0, 0.1) is 11.3 Å². The molecule has 15 heavy (non-hydrogen) atoms. The zero-order chi connectivity index (χ0) is 10.9. The van der Waals surface area contributed by atoms with E-state index in [1.54, 1.807) is 6.20 Å². The molecule has 0 amide bonds. The molecule has 3 heteroatoms. The number of nitrogens with one attached hydrogen (secondary N) is 1. The maximum Gasteiger partial charge on any atom is 0.144 e. The molecular weight excluding hydrogens is 186 g/mol. The molecule has 0 saturated carbocycles. The second-order valence-corrected chi connectivity index (χ2v) is 3.16. The molecule has 0 spiro atoms. The van der Waals surface area contributed by atoms with Crippen molar-refractivity contribution in [2.45, 2.75) is 19.9 Å². The highest BCUT2D eigenvalue weighted by atomic mass is 14.8. The Morgan fingerprint density at radius 1 is 1.60 bits per heavy atom. The van der Waals surface area contributed by atoms with Crippen molar-refractivity contribution in [3.63, 3.8) is 0 Å². The Labute approximate surface area is 90.5 Å². The van der Waals surface area contributed by atoms with Crippen LogP contribution in [0.4, 0.5) is 0 Å². The van der Waals surface area contributed by atoms with E-state index >= 15 is 0 Å². The Morgan fingerprint density at radius 3 is 3.20 bits per heavy atom. The molecule has 3 nitrogen and oxygen atoms in total. The highest BCUT2D eigenvalue weighted by Crippen LogP contribution is 2.02. The summed E-state index contributed by atoms with van der Waals surface area (Å²) >= 11 is 0. The van der Waals surface area contributed by atoms with Crippen molar-refractivity contribution < 1.29 is 0 Å². The van der Waals surface area contributed by atoms with Crippen molar-refractivity contribution in [3.8, 4) is 6.07 Å². The van der Waals surface area contributed by atoms with Gasteiger partial charge in [0.1, 0.15) is 11.8 Å². The van der Waals surface area contributed by atoms with Crippen LogP contribution < -0.4 is 5.32 Å². The van der Waals surface area contributed by atoms with E-state index in [2.05, 4.69) is 22.4 Å². The number of allylic oxidation sites excluding steroid dienone is 1. The van der Waals surface area contributed by atoms with E-state index in [0.29, 0.717) is 12.2 Å². The molecule has 0 aliphatic rings. The minimum Gasteiger partial charge on any atom is -0.312 e. The monoisotopic (exact) mass is 201 g/mol. The third-order valence-electron chi connectivity index (χ3n) is 2.04. The summed E-state index contributed by atoms with van der Waals surface area (Å²) in [6.45, 7) is 3.63. The van der Waals surface area contributed by atoms with Crippen LogP contribution >= 0.6 is 0 Å². The predicted octanol–water partition coefficient (Wildman–Crippen LogP) is 2.01. The summed E-state index contributed by atoms with van der Waals surface area (Å²) in [5, 5.41) is 12.1. The molecule has 0 aliphatic carbocycles. The number of hydrogen-bond donors (Lipinski definition) is 1. The molecule has 1 N–H and O–H groups in total. The van der Waals surface area contributed by atoms with Crippen LogP contribution in [0.15, 0.2) is 30.5 Å². The van der Waals surface area contributed by atoms with Crippen LogP contribution in [0.5, 0.6) is 0 Å². The Bertz CT molecular complexity index is 363. The summed E-state index contributed by atoms with van der Waals surface area (Å²) in [5.41, 5.74) is 1.47. The maximum atomic E-state index is 8.81. The fourth-order valence-electron chi connectivity index (χ4n) is 1.26. The van der Waals surface area contributed by atoms with Crippen LogP contribution in [-0.2, 0) is 6.54 Å². The first-order valence-corrected chi connectivity index (χ1v) is 5.04. The number of rotatable bonds is 5. The highest BCUT2D eigenvalue weighted by Gasteiger charge is 2.00. The molecule has 1 aromatic rings. The standard InChI is InChI=1S/C12H15N3/c1-2-3-4-7-14-10-11-6-5-8-15-12(11)9-13/h2-3,5-6,8,14H,4,7,10H2,1H3/b3-2+. The molecule has 78 valence electrons. The largest absolute Gasteiger partial charge is 0.312 e. The average molecular weight is 201 g/mol. The number of nitrogens with zero attached hydrogens (tertiary/aromatic N) is 2. The lowest BCUT2D eigenvalue weighted by Gasteiger charge is -2.03. The SMILES string of the molecule is C/C=C/CCNCc1cccnc1C#N. The molecule has 0 aliphatic heterocycles. The van der Waals surface area contributed by atoms with E-state index in [-0.39, 0.29) is 0 Å². The van der Waals surface area contributed by atoms with Gasteiger partial charge in [-0.2, -0.15) is 5.26 Å². The summed E-state index contributed by atoms with van der Waals surface area (Å²) in [4.78, 5) is 4.00. The van der Waals surface area contributed by atoms with E-state index in [4.69, 9.17) is 5.26 Å². The summed E-state index contributed by atoms with van der Waals surface area (Å²) in [6.07, 6.45) is 6.80. The molecule has 0 saturated heterocycles. The van der Waals surface area contributed by atoms with E-state index in [1.807, 2.05) is 25.1 Å². The summed E-state index contributed by atoms with van der Waals surface area (Å²) in [6, 6.07) is 5.86. The predicted molar refractivity (Wildman–Crippen MR) is 60.1 cm³/mol. The molecule has 1 heterocycles. The Kier molecular flexibility index (Phi) is 5.13. The quantitative estimate of drug-likeness (QED) is 0.585. The van der Waals surface area contributed by atoms with Gasteiger partial charge in [-0.15, -0.1) is 0 Å². The van der Waals surface area contributed by atoms with Crippen molar-refractivity contribution in [2.75, 3.05) is 6.54 Å². The van der Waals surface area contributed by atoms with Crippen LogP contribution in [0.2, 0.25) is 0 Å². The second-order valence-electron chi connectivity index (χ2n) is 3.16. The molecule has 1 rings (SSSR count). The van der Waals surface area contributed by atoms with E-state index in [1.165, 1.54) is 0 Å². The molecular formula is C12H15N3. The van der Waals surface area contributed by atoms with Gasteiger partial charge in [0.2, 0.25) is 0 Å². The van der Waals surface area contributed by atoms with Gasteiger partial charge in [0.25, 0.3) is 0 Å². The van der Waals surface area contributed by atoms with Crippen molar-refractivity contribution in [1.29, 1.82) is 5.26 Å². The summed E-state index contributed by atoms with van der Waals surface area (Å²) in [5.74, 6) is 0. The first kappa shape index (κ1) is 11.4. The lowest BCUT2D eigenvalue weighted by molar-refractivity contribution is 0.692. The molecule has 0 fully saturated rings. The second kappa shape index (κ2) is 6.74. The van der Waals surface area contributed by atoms with Gasteiger partial charge in [0, 0.05) is 18.3 Å². The maximum absolute atomic E-state index is 8.81. The lowest BCUT2D eigenvalue weighted by Crippen LogP contribution is -2.15. The van der Waals surface area contributed by atoms with Crippen LogP contribution in [0.1, 0.15) is 24.6 Å². The molecule has 0 bridgehead atoms. The van der Waals surface area contributed by atoms with Crippen molar-refractivity contribution in [2.24, 2.45) is 0 Å². The van der Waals surface area contributed by atoms with Crippen molar-refractivity contribution >= 4 is 0 Å². The minimum absolute atomic E-state index is 0.510. The lowest BCUT2D eigenvalue weighted by atomic mass is 10.2. The van der Waals surface area contributed by atoms with Gasteiger partial charge in [-0.1, -0.05) is 18.2 Å². The van der Waals surface area contributed by atoms with Gasteiger partial charge in [-0.25, -0.2) is 4.98 Å².